The van der Waals surface area contributed by atoms with Gasteiger partial charge in [0.15, 0.2) is 0 Å². The van der Waals surface area contributed by atoms with E-state index in [4.69, 9.17) is 16.3 Å². The molecule has 0 aliphatic carbocycles. The van der Waals surface area contributed by atoms with Crippen LogP contribution in [-0.4, -0.2) is 28.0 Å². The van der Waals surface area contributed by atoms with E-state index < -0.39 is 0 Å². The quantitative estimate of drug-likeness (QED) is 0.935. The van der Waals surface area contributed by atoms with Crippen LogP contribution in [0.3, 0.4) is 0 Å². The van der Waals surface area contributed by atoms with Gasteiger partial charge < -0.3 is 10.1 Å². The van der Waals surface area contributed by atoms with E-state index in [1.807, 2.05) is 30.5 Å². The summed E-state index contributed by atoms with van der Waals surface area (Å²) in [7, 11) is 0. The van der Waals surface area contributed by atoms with Crippen molar-refractivity contribution in [2.45, 2.75) is 44.9 Å². The maximum Gasteiger partial charge on any atom is 0.106 e. The van der Waals surface area contributed by atoms with Crippen LogP contribution in [0, 0.1) is 0 Å². The Morgan fingerprint density at radius 3 is 2.67 bits per heavy atom. The van der Waals surface area contributed by atoms with Gasteiger partial charge in [0.05, 0.1) is 22.9 Å². The molecule has 21 heavy (non-hydrogen) atoms. The molecule has 2 atom stereocenters. The molecule has 112 valence electrons. The van der Waals surface area contributed by atoms with Crippen LogP contribution in [-0.2, 0) is 4.74 Å². The van der Waals surface area contributed by atoms with Crippen LogP contribution in [0.2, 0.25) is 5.02 Å². The molecule has 2 aromatic rings. The average Bonchev–Trinajstić information content (AvgIpc) is 2.91. The van der Waals surface area contributed by atoms with E-state index in [1.165, 1.54) is 0 Å². The standard InChI is InChI=1S/C16H20ClN3O/c1-11-9-13(10-12(2)21-11)19-15-6-3-5-14(17)16(15)20-8-4-7-18-20/h3-8,11-13,19H,9-10H2,1-2H3. The third-order valence-corrected chi connectivity index (χ3v) is 4.08. The van der Waals surface area contributed by atoms with Crippen molar-refractivity contribution >= 4 is 17.3 Å². The molecule has 1 aromatic carbocycles. The Bertz CT molecular complexity index is 590. The van der Waals surface area contributed by atoms with Gasteiger partial charge in [0.2, 0.25) is 0 Å². The van der Waals surface area contributed by atoms with Gasteiger partial charge in [-0.05, 0) is 44.9 Å². The highest BCUT2D eigenvalue weighted by atomic mass is 35.5. The van der Waals surface area contributed by atoms with E-state index in [1.54, 1.807) is 10.9 Å². The van der Waals surface area contributed by atoms with Crippen molar-refractivity contribution in [1.82, 2.24) is 9.78 Å². The molecule has 4 nitrogen and oxygen atoms in total. The van der Waals surface area contributed by atoms with Crippen LogP contribution < -0.4 is 5.32 Å². The second-order valence-electron chi connectivity index (χ2n) is 5.66. The molecule has 0 amide bonds. The Kier molecular flexibility index (Phi) is 4.17. The van der Waals surface area contributed by atoms with Gasteiger partial charge in [-0.25, -0.2) is 4.68 Å². The van der Waals surface area contributed by atoms with Crippen LogP contribution in [0.5, 0.6) is 0 Å². The second-order valence-corrected chi connectivity index (χ2v) is 6.06. The number of benzene rings is 1. The Morgan fingerprint density at radius 1 is 1.24 bits per heavy atom. The molecule has 0 radical (unpaired) electrons. The highest BCUT2D eigenvalue weighted by Crippen LogP contribution is 2.30. The highest BCUT2D eigenvalue weighted by molar-refractivity contribution is 6.33. The summed E-state index contributed by atoms with van der Waals surface area (Å²) in [6.07, 6.45) is 6.20. The smallest absolute Gasteiger partial charge is 0.106 e. The molecule has 1 N–H and O–H groups in total. The van der Waals surface area contributed by atoms with Crippen molar-refractivity contribution in [2.24, 2.45) is 0 Å². The molecule has 0 bridgehead atoms. The van der Waals surface area contributed by atoms with Crippen molar-refractivity contribution in [1.29, 1.82) is 0 Å². The van der Waals surface area contributed by atoms with E-state index in [-0.39, 0.29) is 12.2 Å². The first-order valence-corrected chi connectivity index (χ1v) is 7.72. The fourth-order valence-electron chi connectivity index (χ4n) is 3.01. The summed E-state index contributed by atoms with van der Waals surface area (Å²) in [5.41, 5.74) is 1.91. The molecule has 3 rings (SSSR count). The number of para-hydroxylation sites is 1. The summed E-state index contributed by atoms with van der Waals surface area (Å²) in [6.45, 7) is 4.24. The van der Waals surface area contributed by atoms with Crippen molar-refractivity contribution < 1.29 is 4.74 Å². The second kappa shape index (κ2) is 6.08. The summed E-state index contributed by atoms with van der Waals surface area (Å²) in [6, 6.07) is 8.18. The highest BCUT2D eigenvalue weighted by Gasteiger charge is 2.25. The molecular formula is C16H20ClN3O. The van der Waals surface area contributed by atoms with E-state index in [9.17, 15) is 0 Å². The molecule has 2 heterocycles. The summed E-state index contributed by atoms with van der Waals surface area (Å²) in [5.74, 6) is 0. The molecule has 5 heteroatoms. The summed E-state index contributed by atoms with van der Waals surface area (Å²) in [5, 5.41) is 8.60. The Labute approximate surface area is 130 Å². The van der Waals surface area contributed by atoms with E-state index in [0.29, 0.717) is 11.1 Å². The lowest BCUT2D eigenvalue weighted by atomic mass is 9.99. The van der Waals surface area contributed by atoms with Crippen molar-refractivity contribution in [3.8, 4) is 5.69 Å². The zero-order valence-corrected chi connectivity index (χ0v) is 13.0. The molecule has 0 saturated carbocycles. The number of nitrogens with zero attached hydrogens (tertiary/aromatic N) is 2. The van der Waals surface area contributed by atoms with Crippen molar-refractivity contribution in [2.75, 3.05) is 5.32 Å². The Morgan fingerprint density at radius 2 is 2.00 bits per heavy atom. The number of nitrogens with one attached hydrogen (secondary N) is 1. The minimum Gasteiger partial charge on any atom is -0.380 e. The van der Waals surface area contributed by atoms with Gasteiger partial charge in [-0.1, -0.05) is 17.7 Å². The first-order chi connectivity index (χ1) is 10.1. The minimum atomic E-state index is 0.276. The molecular weight excluding hydrogens is 286 g/mol. The Hall–Kier alpha value is -1.52. The normalized spacial score (nSPS) is 25.8. The van der Waals surface area contributed by atoms with E-state index in [2.05, 4.69) is 24.3 Å². The van der Waals surface area contributed by atoms with Gasteiger partial charge in [-0.2, -0.15) is 5.10 Å². The Balaban J connectivity index is 1.87. The summed E-state index contributed by atoms with van der Waals surface area (Å²) >= 11 is 6.37. The lowest BCUT2D eigenvalue weighted by Gasteiger charge is -2.33. The predicted octanol–water partition coefficient (Wildman–Crippen LogP) is 3.89. The van der Waals surface area contributed by atoms with Crippen LogP contribution in [0.1, 0.15) is 26.7 Å². The molecule has 1 saturated heterocycles. The molecule has 1 aliphatic heterocycles. The van der Waals surface area contributed by atoms with Crippen molar-refractivity contribution in [3.63, 3.8) is 0 Å². The monoisotopic (exact) mass is 305 g/mol. The molecule has 0 spiro atoms. The largest absolute Gasteiger partial charge is 0.380 e. The molecule has 1 aliphatic rings. The number of ether oxygens (including phenoxy) is 1. The van der Waals surface area contributed by atoms with Gasteiger partial charge in [0.1, 0.15) is 5.69 Å². The van der Waals surface area contributed by atoms with Crippen LogP contribution in [0.4, 0.5) is 5.69 Å². The van der Waals surface area contributed by atoms with E-state index in [0.717, 1.165) is 24.2 Å². The zero-order chi connectivity index (χ0) is 14.8. The average molecular weight is 306 g/mol. The van der Waals surface area contributed by atoms with Gasteiger partial charge in [0.25, 0.3) is 0 Å². The minimum absolute atomic E-state index is 0.276. The van der Waals surface area contributed by atoms with Gasteiger partial charge in [-0.3, -0.25) is 0 Å². The first-order valence-electron chi connectivity index (χ1n) is 7.34. The zero-order valence-electron chi connectivity index (χ0n) is 12.3. The summed E-state index contributed by atoms with van der Waals surface area (Å²) in [4.78, 5) is 0. The number of rotatable bonds is 3. The third-order valence-electron chi connectivity index (χ3n) is 3.78. The number of hydrogen-bond donors (Lipinski definition) is 1. The molecule has 2 unspecified atom stereocenters. The van der Waals surface area contributed by atoms with Crippen LogP contribution >= 0.6 is 11.6 Å². The van der Waals surface area contributed by atoms with Gasteiger partial charge in [0, 0.05) is 18.4 Å². The number of hydrogen-bond acceptors (Lipinski definition) is 3. The van der Waals surface area contributed by atoms with Crippen LogP contribution in [0.25, 0.3) is 5.69 Å². The molecule has 1 aromatic heterocycles. The topological polar surface area (TPSA) is 39.1 Å². The maximum absolute atomic E-state index is 6.37. The lowest BCUT2D eigenvalue weighted by molar-refractivity contribution is -0.0337. The number of aromatic nitrogens is 2. The number of anilines is 1. The summed E-state index contributed by atoms with van der Waals surface area (Å²) < 4.78 is 7.60. The van der Waals surface area contributed by atoms with Crippen molar-refractivity contribution in [3.05, 3.63) is 41.7 Å². The number of halogens is 1. The van der Waals surface area contributed by atoms with Gasteiger partial charge in [-0.15, -0.1) is 0 Å². The lowest BCUT2D eigenvalue weighted by Crippen LogP contribution is -2.37. The van der Waals surface area contributed by atoms with Crippen LogP contribution in [0.15, 0.2) is 36.7 Å². The maximum atomic E-state index is 6.37. The van der Waals surface area contributed by atoms with E-state index >= 15 is 0 Å². The van der Waals surface area contributed by atoms with Gasteiger partial charge >= 0.3 is 0 Å². The third kappa shape index (κ3) is 3.22. The fourth-order valence-corrected chi connectivity index (χ4v) is 3.27. The first kappa shape index (κ1) is 14.4. The predicted molar refractivity (Wildman–Crippen MR) is 85.2 cm³/mol. The fraction of sp³-hybridized carbons (Fsp3) is 0.438. The molecule has 1 fully saturated rings. The SMILES string of the molecule is CC1CC(Nc2cccc(Cl)c2-n2cccn2)CC(C)O1.